The van der Waals surface area contributed by atoms with Gasteiger partial charge in [-0.1, -0.05) is 30.0 Å². The Morgan fingerprint density at radius 3 is 2.90 bits per heavy atom. The van der Waals surface area contributed by atoms with Crippen LogP contribution in [0.15, 0.2) is 58.8 Å². The number of nitrogens with zero attached hydrogens (tertiary/aromatic N) is 5. The topological polar surface area (TPSA) is 163 Å². The zero-order chi connectivity index (χ0) is 22.2. The molecule has 0 aliphatic heterocycles. The molecule has 12 nitrogen and oxygen atoms in total. The normalized spacial score (nSPS) is 10.7. The molecule has 0 fully saturated rings. The fourth-order valence-corrected chi connectivity index (χ4v) is 3.02. The number of carbonyl (C=O) groups excluding carboxylic acids is 1. The summed E-state index contributed by atoms with van der Waals surface area (Å²) in [6.45, 7) is 0. The first kappa shape index (κ1) is 21.6. The third kappa shape index (κ3) is 5.93. The van der Waals surface area contributed by atoms with Gasteiger partial charge in [-0.3, -0.25) is 14.9 Å². The molecule has 13 heteroatoms. The van der Waals surface area contributed by atoms with Gasteiger partial charge in [0, 0.05) is 29.4 Å². The number of nitrogen functional groups attached to an aromatic ring is 1. The predicted octanol–water partition coefficient (Wildman–Crippen LogP) is 2.09. The van der Waals surface area contributed by atoms with Crippen LogP contribution in [-0.2, 0) is 4.79 Å². The molecule has 2 aromatic carbocycles. The van der Waals surface area contributed by atoms with Crippen molar-refractivity contribution >= 4 is 41.2 Å². The molecular weight excluding hydrogens is 424 g/mol. The van der Waals surface area contributed by atoms with E-state index in [0.717, 1.165) is 16.4 Å². The van der Waals surface area contributed by atoms with Gasteiger partial charge >= 0.3 is 0 Å². The zero-order valence-corrected chi connectivity index (χ0v) is 17.1. The molecule has 0 atom stereocenters. The number of carbonyl (C=O) groups is 1. The Hall–Kier alpha value is -4.13. The van der Waals surface area contributed by atoms with Crippen LogP contribution in [0.3, 0.4) is 0 Å². The maximum atomic E-state index is 12.1. The van der Waals surface area contributed by atoms with Crippen molar-refractivity contribution in [1.29, 1.82) is 0 Å². The summed E-state index contributed by atoms with van der Waals surface area (Å²) in [7, 11) is 1.55. The number of thioether (sulfide) groups is 1. The standard InChI is InChI=1S/C18H18N8O4S/c1-30-15-7-3-5-13(9-15)21-16(27)11-31-18-24-23-17(25(18)19)22-20-10-12-4-2-6-14(8-12)26(28)29/h2-10H,11,19H2,1H3,(H,21,27)(H,22,23)/b20-10+. The predicted molar refractivity (Wildman–Crippen MR) is 117 cm³/mol. The molecule has 3 rings (SSSR count). The van der Waals surface area contributed by atoms with Gasteiger partial charge in [0.15, 0.2) is 0 Å². The number of hydrogen-bond acceptors (Lipinski definition) is 10. The minimum Gasteiger partial charge on any atom is -0.497 e. The van der Waals surface area contributed by atoms with Crippen molar-refractivity contribution in [3.63, 3.8) is 0 Å². The van der Waals surface area contributed by atoms with Crippen molar-refractivity contribution in [1.82, 2.24) is 14.9 Å². The summed E-state index contributed by atoms with van der Waals surface area (Å²) in [5.74, 6) is 6.50. The van der Waals surface area contributed by atoms with E-state index in [2.05, 4.69) is 26.0 Å². The summed E-state index contributed by atoms with van der Waals surface area (Å²) in [5.41, 5.74) is 3.69. The fourth-order valence-electron chi connectivity index (χ4n) is 2.36. The van der Waals surface area contributed by atoms with Gasteiger partial charge in [0.1, 0.15) is 5.75 Å². The van der Waals surface area contributed by atoms with E-state index in [1.54, 1.807) is 43.5 Å². The van der Waals surface area contributed by atoms with Gasteiger partial charge in [0.25, 0.3) is 11.6 Å². The summed E-state index contributed by atoms with van der Waals surface area (Å²) in [6.07, 6.45) is 1.38. The molecule has 160 valence electrons. The van der Waals surface area contributed by atoms with Gasteiger partial charge in [-0.2, -0.15) is 5.10 Å². The third-order valence-corrected chi connectivity index (χ3v) is 4.75. The van der Waals surface area contributed by atoms with E-state index in [-0.39, 0.29) is 23.3 Å². The number of nitro benzene ring substituents is 1. The van der Waals surface area contributed by atoms with Gasteiger partial charge in [-0.15, -0.1) is 10.2 Å². The smallest absolute Gasteiger partial charge is 0.270 e. The molecule has 0 aliphatic rings. The van der Waals surface area contributed by atoms with E-state index in [1.807, 2.05) is 0 Å². The van der Waals surface area contributed by atoms with Crippen LogP contribution in [0.25, 0.3) is 0 Å². The lowest BCUT2D eigenvalue weighted by Gasteiger charge is -2.07. The number of methoxy groups -OCH3 is 1. The molecule has 4 N–H and O–H groups in total. The van der Waals surface area contributed by atoms with Crippen molar-refractivity contribution in [2.45, 2.75) is 5.16 Å². The number of anilines is 2. The van der Waals surface area contributed by atoms with E-state index < -0.39 is 4.92 Å². The average molecular weight is 442 g/mol. The lowest BCUT2D eigenvalue weighted by Crippen LogP contribution is -2.16. The summed E-state index contributed by atoms with van der Waals surface area (Å²) in [5, 5.41) is 25.6. The molecular formula is C18H18N8O4S. The highest BCUT2D eigenvalue weighted by Gasteiger charge is 2.12. The summed E-state index contributed by atoms with van der Waals surface area (Å²) >= 11 is 1.09. The van der Waals surface area contributed by atoms with E-state index in [4.69, 9.17) is 10.6 Å². The highest BCUT2D eigenvalue weighted by Crippen LogP contribution is 2.19. The first-order valence-electron chi connectivity index (χ1n) is 8.77. The number of nitrogens with one attached hydrogen (secondary N) is 2. The fraction of sp³-hybridized carbons (Fsp3) is 0.111. The number of non-ortho nitro benzene ring substituents is 1. The van der Waals surface area contributed by atoms with Crippen molar-refractivity contribution < 1.29 is 14.5 Å². The quantitative estimate of drug-likeness (QED) is 0.148. The molecule has 1 amide bonds. The number of benzene rings is 2. The molecule has 3 aromatic rings. The Morgan fingerprint density at radius 2 is 2.13 bits per heavy atom. The molecule has 0 saturated carbocycles. The second kappa shape index (κ2) is 10.1. The lowest BCUT2D eigenvalue weighted by atomic mass is 10.2. The number of hydrazone groups is 1. The number of hydrogen-bond donors (Lipinski definition) is 3. The number of rotatable bonds is 9. The maximum absolute atomic E-state index is 12.1. The average Bonchev–Trinajstić information content (AvgIpc) is 3.12. The third-order valence-electron chi connectivity index (χ3n) is 3.81. The summed E-state index contributed by atoms with van der Waals surface area (Å²) in [4.78, 5) is 22.5. The van der Waals surface area contributed by atoms with Crippen molar-refractivity contribution in [3.8, 4) is 5.75 Å². The first-order valence-corrected chi connectivity index (χ1v) is 9.75. The molecule has 0 unspecified atom stereocenters. The number of ether oxygens (including phenoxy) is 1. The van der Waals surface area contributed by atoms with E-state index in [0.29, 0.717) is 22.2 Å². The van der Waals surface area contributed by atoms with Crippen molar-refractivity contribution in [2.24, 2.45) is 5.10 Å². The van der Waals surface area contributed by atoms with Gasteiger partial charge in [-0.25, -0.2) is 10.1 Å². The number of nitrogens with two attached hydrogens (primary N) is 1. The Labute approximate surface area is 180 Å². The van der Waals surface area contributed by atoms with E-state index in [1.165, 1.54) is 18.3 Å². The van der Waals surface area contributed by atoms with Crippen LogP contribution in [0, 0.1) is 10.1 Å². The molecule has 1 aromatic heterocycles. The van der Waals surface area contributed by atoms with E-state index in [9.17, 15) is 14.9 Å². The second-order valence-electron chi connectivity index (χ2n) is 5.97. The highest BCUT2D eigenvalue weighted by molar-refractivity contribution is 7.99. The molecule has 0 saturated heterocycles. The molecule has 0 radical (unpaired) electrons. The van der Waals surface area contributed by atoms with Crippen LogP contribution in [-0.4, -0.2) is 44.8 Å². The molecule has 0 bridgehead atoms. The molecule has 1 heterocycles. The van der Waals surface area contributed by atoms with Gasteiger partial charge in [0.2, 0.25) is 11.1 Å². The first-order chi connectivity index (χ1) is 15.0. The van der Waals surface area contributed by atoms with Gasteiger partial charge < -0.3 is 15.9 Å². The number of amides is 1. The largest absolute Gasteiger partial charge is 0.497 e. The molecule has 31 heavy (non-hydrogen) atoms. The Morgan fingerprint density at radius 1 is 1.32 bits per heavy atom. The van der Waals surface area contributed by atoms with Crippen LogP contribution in [0.4, 0.5) is 17.3 Å². The number of aromatic nitrogens is 3. The van der Waals surface area contributed by atoms with Crippen LogP contribution in [0.1, 0.15) is 5.56 Å². The van der Waals surface area contributed by atoms with Gasteiger partial charge in [-0.05, 0) is 12.1 Å². The van der Waals surface area contributed by atoms with Gasteiger partial charge in [0.05, 0.1) is 24.0 Å². The summed E-state index contributed by atoms with van der Waals surface area (Å²) < 4.78 is 6.27. The molecule has 0 aliphatic carbocycles. The van der Waals surface area contributed by atoms with E-state index >= 15 is 0 Å². The van der Waals surface area contributed by atoms with Crippen molar-refractivity contribution in [2.75, 3.05) is 29.4 Å². The Balaban J connectivity index is 1.54. The van der Waals surface area contributed by atoms with Crippen molar-refractivity contribution in [3.05, 3.63) is 64.2 Å². The minimum atomic E-state index is -0.491. The maximum Gasteiger partial charge on any atom is 0.270 e. The van der Waals surface area contributed by atoms with Crippen LogP contribution < -0.4 is 21.3 Å². The monoisotopic (exact) mass is 442 g/mol. The SMILES string of the molecule is COc1cccc(NC(=O)CSc2nnc(N/N=C/c3cccc([N+](=O)[O-])c3)n2N)c1. The summed E-state index contributed by atoms with van der Waals surface area (Å²) in [6, 6.07) is 13.0. The van der Waals surface area contributed by atoms with Crippen LogP contribution >= 0.6 is 11.8 Å². The number of nitro groups is 1. The Bertz CT molecular complexity index is 1120. The Kier molecular flexibility index (Phi) is 7.01. The minimum absolute atomic E-state index is 0.0446. The zero-order valence-electron chi connectivity index (χ0n) is 16.3. The molecule has 0 spiro atoms. The van der Waals surface area contributed by atoms with Crippen LogP contribution in [0.2, 0.25) is 0 Å². The second-order valence-corrected chi connectivity index (χ2v) is 6.91. The lowest BCUT2D eigenvalue weighted by molar-refractivity contribution is -0.384. The highest BCUT2D eigenvalue weighted by atomic mass is 32.2. The van der Waals surface area contributed by atoms with Crippen LogP contribution in [0.5, 0.6) is 5.75 Å².